The highest BCUT2D eigenvalue weighted by Gasteiger charge is 2.52. The van der Waals surface area contributed by atoms with Crippen molar-refractivity contribution in [3.63, 3.8) is 0 Å². The topological polar surface area (TPSA) is 124 Å². The molecule has 0 amide bonds. The lowest BCUT2D eigenvalue weighted by Crippen LogP contribution is -2.62. The third-order valence-corrected chi connectivity index (χ3v) is 4.21. The van der Waals surface area contributed by atoms with E-state index >= 15 is 0 Å². The van der Waals surface area contributed by atoms with Crippen LogP contribution in [-0.2, 0) is 54.2 Å². The molecule has 1 heterocycles. The van der Waals surface area contributed by atoms with Crippen molar-refractivity contribution in [1.82, 2.24) is 0 Å². The number of rotatable bonds is 8. The Morgan fingerprint density at radius 3 is 1.87 bits per heavy atom. The maximum absolute atomic E-state index is 11.8. The predicted molar refractivity (Wildman–Crippen MR) is 103 cm³/mol. The molecule has 1 fully saturated rings. The number of ether oxygens (including phenoxy) is 6. The minimum absolute atomic E-state index is 0.0918. The van der Waals surface area contributed by atoms with Crippen LogP contribution in [0.25, 0.3) is 0 Å². The number of benzene rings is 1. The first kappa shape index (κ1) is 24.3. The van der Waals surface area contributed by atoms with Crippen molar-refractivity contribution >= 4 is 23.9 Å². The highest BCUT2D eigenvalue weighted by molar-refractivity contribution is 5.68. The molecular formula is C21H26O10. The molecule has 1 saturated heterocycles. The van der Waals surface area contributed by atoms with Crippen molar-refractivity contribution < 1.29 is 47.6 Å². The van der Waals surface area contributed by atoms with Gasteiger partial charge in [0.05, 0.1) is 6.61 Å². The first-order chi connectivity index (χ1) is 14.7. The van der Waals surface area contributed by atoms with Gasteiger partial charge in [0.25, 0.3) is 0 Å². The molecule has 0 saturated carbocycles. The summed E-state index contributed by atoms with van der Waals surface area (Å²) in [6.07, 6.45) is -5.92. The highest BCUT2D eigenvalue weighted by Crippen LogP contribution is 2.30. The number of hydrogen-bond donors (Lipinski definition) is 0. The van der Waals surface area contributed by atoms with Crippen LogP contribution in [-0.4, -0.2) is 61.2 Å². The molecule has 1 aromatic carbocycles. The van der Waals surface area contributed by atoms with Gasteiger partial charge in [-0.3, -0.25) is 19.2 Å². The van der Waals surface area contributed by atoms with Gasteiger partial charge in [-0.2, -0.15) is 0 Å². The molecule has 0 bridgehead atoms. The summed E-state index contributed by atoms with van der Waals surface area (Å²) in [5.74, 6) is -2.66. The lowest BCUT2D eigenvalue weighted by atomic mass is 9.98. The Balaban J connectivity index is 2.35. The molecule has 0 aromatic heterocycles. The molecule has 10 heteroatoms. The summed E-state index contributed by atoms with van der Waals surface area (Å²) in [4.78, 5) is 46.5. The van der Waals surface area contributed by atoms with Crippen LogP contribution in [0.5, 0.6) is 0 Å². The Morgan fingerprint density at radius 2 is 1.32 bits per heavy atom. The third kappa shape index (κ3) is 7.65. The van der Waals surface area contributed by atoms with Crippen LogP contribution in [0.2, 0.25) is 0 Å². The fourth-order valence-electron chi connectivity index (χ4n) is 3.08. The largest absolute Gasteiger partial charge is 0.463 e. The Kier molecular flexibility index (Phi) is 8.95. The van der Waals surface area contributed by atoms with E-state index in [9.17, 15) is 19.2 Å². The van der Waals surface area contributed by atoms with E-state index in [1.807, 2.05) is 30.3 Å². The molecule has 0 N–H and O–H groups in total. The van der Waals surface area contributed by atoms with Crippen molar-refractivity contribution in [3.8, 4) is 0 Å². The summed E-state index contributed by atoms with van der Waals surface area (Å²) < 4.78 is 32.6. The fourth-order valence-corrected chi connectivity index (χ4v) is 3.08. The minimum Gasteiger partial charge on any atom is -0.463 e. The fraction of sp³-hybridized carbons (Fsp3) is 0.524. The summed E-state index contributed by atoms with van der Waals surface area (Å²) >= 11 is 0. The normalized spacial score (nSPS) is 25.2. The monoisotopic (exact) mass is 438 g/mol. The number of hydrogen-bond acceptors (Lipinski definition) is 10. The van der Waals surface area contributed by atoms with E-state index in [1.165, 1.54) is 13.8 Å². The maximum atomic E-state index is 11.8. The number of carbonyl (C=O) groups is 4. The smallest absolute Gasteiger partial charge is 0.303 e. The van der Waals surface area contributed by atoms with Crippen LogP contribution in [0.4, 0.5) is 0 Å². The lowest BCUT2D eigenvalue weighted by Gasteiger charge is -2.44. The van der Waals surface area contributed by atoms with Gasteiger partial charge in [-0.25, -0.2) is 0 Å². The maximum Gasteiger partial charge on any atom is 0.303 e. The predicted octanol–water partition coefficient (Wildman–Crippen LogP) is 1.29. The van der Waals surface area contributed by atoms with Crippen LogP contribution in [0, 0.1) is 0 Å². The van der Waals surface area contributed by atoms with Crippen LogP contribution in [0.15, 0.2) is 30.3 Å². The number of esters is 4. The van der Waals surface area contributed by atoms with E-state index in [2.05, 4.69) is 0 Å². The number of carbonyl (C=O) groups excluding carboxylic acids is 4. The van der Waals surface area contributed by atoms with Crippen LogP contribution < -0.4 is 0 Å². The average molecular weight is 438 g/mol. The standard InChI is InChI=1S/C21H26O10/c1-12(22)26-11-17-18(28-13(2)23)19(29-14(3)24)20(30-15(4)25)21(31-17)27-10-16-8-6-5-7-9-16/h5-9,17-21H,10-11H2,1-4H3/t17-,18-,19+,20-,21+/m1/s1. The molecule has 170 valence electrons. The van der Waals surface area contributed by atoms with Gasteiger partial charge in [0.2, 0.25) is 0 Å². The zero-order valence-corrected chi connectivity index (χ0v) is 17.8. The second-order valence-corrected chi connectivity index (χ2v) is 6.86. The molecule has 1 aliphatic rings. The Labute approximate surface area is 179 Å². The van der Waals surface area contributed by atoms with E-state index in [0.29, 0.717) is 0 Å². The first-order valence-electron chi connectivity index (χ1n) is 9.63. The van der Waals surface area contributed by atoms with Crippen molar-refractivity contribution in [3.05, 3.63) is 35.9 Å². The van der Waals surface area contributed by atoms with Gasteiger partial charge in [-0.1, -0.05) is 30.3 Å². The molecule has 1 aliphatic heterocycles. The molecule has 1 aromatic rings. The van der Waals surface area contributed by atoms with Crippen LogP contribution in [0.3, 0.4) is 0 Å². The summed E-state index contributed by atoms with van der Waals surface area (Å²) in [5.41, 5.74) is 0.815. The van der Waals surface area contributed by atoms with Crippen LogP contribution >= 0.6 is 0 Å². The van der Waals surface area contributed by atoms with Gasteiger partial charge in [-0.05, 0) is 5.56 Å². The van der Waals surface area contributed by atoms with Gasteiger partial charge in [-0.15, -0.1) is 0 Å². The molecule has 0 aliphatic carbocycles. The zero-order chi connectivity index (χ0) is 23.0. The molecule has 0 radical (unpaired) electrons. The summed E-state index contributed by atoms with van der Waals surface area (Å²) in [7, 11) is 0. The summed E-state index contributed by atoms with van der Waals surface area (Å²) in [5, 5.41) is 0. The minimum atomic E-state index is -1.25. The molecular weight excluding hydrogens is 412 g/mol. The molecule has 2 rings (SSSR count). The van der Waals surface area contributed by atoms with Gasteiger partial charge >= 0.3 is 23.9 Å². The molecule has 10 nitrogen and oxygen atoms in total. The molecule has 0 unspecified atom stereocenters. The average Bonchev–Trinajstić information content (AvgIpc) is 2.68. The van der Waals surface area contributed by atoms with Gasteiger partial charge in [0, 0.05) is 27.7 Å². The first-order valence-corrected chi connectivity index (χ1v) is 9.63. The Bertz CT molecular complexity index is 778. The molecule has 0 spiro atoms. The van der Waals surface area contributed by atoms with E-state index < -0.39 is 54.6 Å². The summed E-state index contributed by atoms with van der Waals surface area (Å²) in [6.45, 7) is 4.49. The molecule has 31 heavy (non-hydrogen) atoms. The summed E-state index contributed by atoms with van der Waals surface area (Å²) in [6, 6.07) is 9.14. The lowest BCUT2D eigenvalue weighted by molar-refractivity contribution is -0.310. The van der Waals surface area contributed by atoms with E-state index in [1.54, 1.807) is 0 Å². The second-order valence-electron chi connectivity index (χ2n) is 6.86. The van der Waals surface area contributed by atoms with E-state index in [0.717, 1.165) is 19.4 Å². The van der Waals surface area contributed by atoms with E-state index in [4.69, 9.17) is 28.4 Å². The Morgan fingerprint density at radius 1 is 0.774 bits per heavy atom. The van der Waals surface area contributed by atoms with Crippen LogP contribution in [0.1, 0.15) is 33.3 Å². The highest BCUT2D eigenvalue weighted by atomic mass is 16.7. The van der Waals surface area contributed by atoms with Crippen molar-refractivity contribution in [2.45, 2.75) is 65.0 Å². The molecule has 5 atom stereocenters. The quantitative estimate of drug-likeness (QED) is 0.433. The SMILES string of the molecule is CC(=O)OC[C@H]1O[C@H](OCc2ccccc2)[C@H](OC(C)=O)[C@@H](OC(C)=O)[C@@H]1OC(C)=O. The van der Waals surface area contributed by atoms with Crippen molar-refractivity contribution in [2.24, 2.45) is 0 Å². The van der Waals surface area contributed by atoms with E-state index in [-0.39, 0.29) is 13.2 Å². The second kappa shape index (κ2) is 11.4. The van der Waals surface area contributed by atoms with Crippen molar-refractivity contribution in [2.75, 3.05) is 6.61 Å². The van der Waals surface area contributed by atoms with Gasteiger partial charge in [0.15, 0.2) is 24.6 Å². The Hall–Kier alpha value is -2.98. The van der Waals surface area contributed by atoms with Gasteiger partial charge in [0.1, 0.15) is 12.7 Å². The van der Waals surface area contributed by atoms with Gasteiger partial charge < -0.3 is 28.4 Å². The zero-order valence-electron chi connectivity index (χ0n) is 17.8. The third-order valence-electron chi connectivity index (χ3n) is 4.21. The van der Waals surface area contributed by atoms with Crippen molar-refractivity contribution in [1.29, 1.82) is 0 Å².